The summed E-state index contributed by atoms with van der Waals surface area (Å²) in [6.07, 6.45) is 0.245. The van der Waals surface area contributed by atoms with E-state index in [1.165, 1.54) is 12.7 Å². The van der Waals surface area contributed by atoms with Crippen LogP contribution >= 0.6 is 19.1 Å². The molecule has 0 fully saturated rings. The minimum atomic E-state index is -3.47. The van der Waals surface area contributed by atoms with Crippen LogP contribution in [0.2, 0.25) is 0 Å². The zero-order valence-corrected chi connectivity index (χ0v) is 25.7. The monoisotopic (exact) mass is 599 g/mol. The molecule has 41 heavy (non-hydrogen) atoms. The molecule has 0 saturated carbocycles. The van der Waals surface area contributed by atoms with Crippen LogP contribution in [0.1, 0.15) is 43.9 Å². The lowest BCUT2D eigenvalue weighted by atomic mass is 9.88. The van der Waals surface area contributed by atoms with Crippen LogP contribution in [0.5, 0.6) is 5.75 Å². The minimum absolute atomic E-state index is 0.0321. The number of nitrogens with one attached hydrogen (secondary N) is 1. The Morgan fingerprint density at radius 3 is 2.00 bits per heavy atom. The molecular weight excluding hydrogens is 561 g/mol. The Morgan fingerprint density at radius 2 is 1.44 bits per heavy atom. The largest absolute Gasteiger partial charge is 0.491 e. The standard InChI is InChI=1S/C32H39ClNO6P/c1-24(2)40-32(35)25(3)34-41(36,23-37-4)39-22-21-38-29-17-15-28(16-18-29)31(27-13-9-6-10-14-27)30(19-20-33)26-11-7-5-8-12-26/h5-18,24-25H,19-23H2,1-4H3,(H,34,36)/b31-30+/t25-,41?/m0/s1. The van der Waals surface area contributed by atoms with Crippen molar-refractivity contribution in [1.82, 2.24) is 5.09 Å². The number of esters is 1. The summed E-state index contributed by atoms with van der Waals surface area (Å²) < 4.78 is 34.9. The van der Waals surface area contributed by atoms with Gasteiger partial charge in [-0.3, -0.25) is 9.36 Å². The topological polar surface area (TPSA) is 83.1 Å². The number of carbonyl (C=O) groups is 1. The molecule has 0 aromatic heterocycles. The first-order valence-electron chi connectivity index (χ1n) is 13.6. The third kappa shape index (κ3) is 10.1. The van der Waals surface area contributed by atoms with E-state index in [1.54, 1.807) is 20.8 Å². The van der Waals surface area contributed by atoms with Crippen LogP contribution in [0.4, 0.5) is 0 Å². The molecule has 7 nitrogen and oxygen atoms in total. The van der Waals surface area contributed by atoms with E-state index < -0.39 is 19.5 Å². The van der Waals surface area contributed by atoms with Crippen molar-refractivity contribution >= 4 is 36.2 Å². The molecule has 1 N–H and O–H groups in total. The average Bonchev–Trinajstić information content (AvgIpc) is 2.96. The van der Waals surface area contributed by atoms with Gasteiger partial charge in [-0.1, -0.05) is 72.8 Å². The van der Waals surface area contributed by atoms with E-state index in [4.69, 9.17) is 30.3 Å². The molecule has 0 aliphatic carbocycles. The Kier molecular flexibility index (Phi) is 13.1. The fourth-order valence-corrected chi connectivity index (χ4v) is 6.11. The summed E-state index contributed by atoms with van der Waals surface area (Å²) in [7, 11) is -2.05. The molecule has 0 saturated heterocycles. The van der Waals surface area contributed by atoms with E-state index in [0.29, 0.717) is 11.6 Å². The first-order valence-corrected chi connectivity index (χ1v) is 15.9. The van der Waals surface area contributed by atoms with Gasteiger partial charge < -0.3 is 18.7 Å². The molecule has 9 heteroatoms. The van der Waals surface area contributed by atoms with E-state index in [9.17, 15) is 9.36 Å². The highest BCUT2D eigenvalue weighted by Crippen LogP contribution is 2.42. The number of carbonyl (C=O) groups excluding carboxylic acids is 1. The molecule has 3 aromatic rings. The Balaban J connectivity index is 1.71. The lowest BCUT2D eigenvalue weighted by molar-refractivity contribution is -0.149. The van der Waals surface area contributed by atoms with Crippen molar-refractivity contribution in [2.24, 2.45) is 0 Å². The SMILES string of the molecule is COCP(=O)(N[C@@H](C)C(=O)OC(C)C)OCCOc1ccc(/C(=C(\CCCl)c2ccccc2)c2ccccc2)cc1. The number of ether oxygens (including phenoxy) is 3. The third-order valence-electron chi connectivity index (χ3n) is 6.02. The highest BCUT2D eigenvalue weighted by Gasteiger charge is 2.29. The number of benzene rings is 3. The van der Waals surface area contributed by atoms with E-state index in [2.05, 4.69) is 29.4 Å². The predicted molar refractivity (Wildman–Crippen MR) is 165 cm³/mol. The van der Waals surface area contributed by atoms with Crippen LogP contribution in [-0.2, 0) is 23.4 Å². The van der Waals surface area contributed by atoms with Crippen LogP contribution < -0.4 is 9.82 Å². The van der Waals surface area contributed by atoms with Crippen LogP contribution in [0.3, 0.4) is 0 Å². The summed E-state index contributed by atoms with van der Waals surface area (Å²) in [5.74, 6) is 0.634. The smallest absolute Gasteiger partial charge is 0.323 e. The molecule has 1 unspecified atom stereocenters. The Labute approximate surface area is 248 Å². The van der Waals surface area contributed by atoms with Crippen molar-refractivity contribution in [2.45, 2.75) is 39.3 Å². The molecule has 0 amide bonds. The number of rotatable bonds is 16. The van der Waals surface area contributed by atoms with Crippen LogP contribution in [0.15, 0.2) is 84.9 Å². The first kappa shape index (κ1) is 32.6. The average molecular weight is 600 g/mol. The quantitative estimate of drug-likeness (QED) is 0.0604. The van der Waals surface area contributed by atoms with E-state index in [0.717, 1.165) is 28.7 Å². The summed E-state index contributed by atoms with van der Waals surface area (Å²) in [5.41, 5.74) is 5.56. The van der Waals surface area contributed by atoms with Gasteiger partial charge in [0.25, 0.3) is 7.52 Å². The van der Waals surface area contributed by atoms with E-state index in [-0.39, 0.29) is 25.7 Å². The van der Waals surface area contributed by atoms with Gasteiger partial charge in [-0.25, -0.2) is 5.09 Å². The van der Waals surface area contributed by atoms with Crippen molar-refractivity contribution in [3.05, 3.63) is 102 Å². The second-order valence-corrected chi connectivity index (χ2v) is 12.2. The molecular formula is C32H39ClNO6P. The normalized spacial score (nSPS) is 14.2. The maximum absolute atomic E-state index is 13.2. The van der Waals surface area contributed by atoms with Crippen molar-refractivity contribution < 1.29 is 28.1 Å². The number of methoxy groups -OCH3 is 1. The van der Waals surface area contributed by atoms with Gasteiger partial charge in [0.05, 0.1) is 12.7 Å². The van der Waals surface area contributed by atoms with Gasteiger partial charge in [0.1, 0.15) is 24.7 Å². The van der Waals surface area contributed by atoms with Crippen molar-refractivity contribution in [2.75, 3.05) is 32.6 Å². The summed E-state index contributed by atoms with van der Waals surface area (Å²) in [6, 6.07) is 27.6. The van der Waals surface area contributed by atoms with E-state index in [1.807, 2.05) is 60.7 Å². The highest BCUT2D eigenvalue weighted by atomic mass is 35.5. The molecule has 0 bridgehead atoms. The van der Waals surface area contributed by atoms with Crippen LogP contribution in [0.25, 0.3) is 11.1 Å². The Hall–Kier alpha value is -2.93. The van der Waals surface area contributed by atoms with Crippen molar-refractivity contribution in [3.63, 3.8) is 0 Å². The number of hydrogen-bond donors (Lipinski definition) is 1. The lowest BCUT2D eigenvalue weighted by Crippen LogP contribution is -2.36. The minimum Gasteiger partial charge on any atom is -0.491 e. The summed E-state index contributed by atoms with van der Waals surface area (Å²) in [5, 5.41) is 2.73. The van der Waals surface area contributed by atoms with Gasteiger partial charge in [0.2, 0.25) is 0 Å². The summed E-state index contributed by atoms with van der Waals surface area (Å²) in [6.45, 7) is 5.26. The fourth-order valence-electron chi connectivity index (χ4n) is 4.29. The van der Waals surface area contributed by atoms with Gasteiger partial charge in [-0.15, -0.1) is 11.6 Å². The summed E-state index contributed by atoms with van der Waals surface area (Å²) in [4.78, 5) is 12.1. The highest BCUT2D eigenvalue weighted by molar-refractivity contribution is 7.56. The van der Waals surface area contributed by atoms with Gasteiger partial charge in [0, 0.05) is 13.0 Å². The first-order chi connectivity index (χ1) is 19.8. The van der Waals surface area contributed by atoms with Gasteiger partial charge >= 0.3 is 5.97 Å². The molecule has 3 rings (SSSR count). The van der Waals surface area contributed by atoms with Crippen LogP contribution in [-0.4, -0.2) is 50.7 Å². The molecule has 2 atom stereocenters. The van der Waals surface area contributed by atoms with Crippen molar-refractivity contribution in [1.29, 1.82) is 0 Å². The number of halogens is 1. The van der Waals surface area contributed by atoms with Gasteiger partial charge in [-0.05, 0) is 67.2 Å². The molecule has 0 radical (unpaired) electrons. The number of hydrogen-bond acceptors (Lipinski definition) is 6. The Bertz CT molecular complexity index is 1300. The maximum atomic E-state index is 13.2. The molecule has 0 spiro atoms. The maximum Gasteiger partial charge on any atom is 0.323 e. The predicted octanol–water partition coefficient (Wildman–Crippen LogP) is 7.40. The number of allylic oxidation sites excluding steroid dienone is 1. The molecule has 0 aliphatic rings. The summed E-state index contributed by atoms with van der Waals surface area (Å²) >= 11 is 6.25. The third-order valence-corrected chi connectivity index (χ3v) is 8.19. The Morgan fingerprint density at radius 1 is 0.854 bits per heavy atom. The van der Waals surface area contributed by atoms with Gasteiger partial charge in [0.15, 0.2) is 0 Å². The second-order valence-electron chi connectivity index (χ2n) is 9.66. The zero-order valence-electron chi connectivity index (χ0n) is 24.0. The van der Waals surface area contributed by atoms with E-state index >= 15 is 0 Å². The molecule has 0 aliphatic heterocycles. The second kappa shape index (κ2) is 16.5. The molecule has 3 aromatic carbocycles. The zero-order chi connectivity index (χ0) is 29.7. The van der Waals surface area contributed by atoms with Crippen LogP contribution in [0, 0.1) is 0 Å². The molecule has 0 heterocycles. The lowest BCUT2D eigenvalue weighted by Gasteiger charge is -2.23. The van der Waals surface area contributed by atoms with Crippen molar-refractivity contribution in [3.8, 4) is 5.75 Å². The van der Waals surface area contributed by atoms with Gasteiger partial charge in [-0.2, -0.15) is 0 Å². The molecule has 220 valence electrons. The fraction of sp³-hybridized carbons (Fsp3) is 0.344. The number of alkyl halides is 1.